The molecule has 0 spiro atoms. The van der Waals surface area contributed by atoms with Crippen LogP contribution in [0.4, 0.5) is 0 Å². The smallest absolute Gasteiger partial charge is 0.0788 e. The lowest BCUT2D eigenvalue weighted by molar-refractivity contribution is 0.481. The highest BCUT2D eigenvalue weighted by molar-refractivity contribution is 9.10. The van der Waals surface area contributed by atoms with Gasteiger partial charge >= 0.3 is 0 Å². The van der Waals surface area contributed by atoms with E-state index < -0.39 is 0 Å². The van der Waals surface area contributed by atoms with Crippen molar-refractivity contribution in [3.05, 3.63) is 16.4 Å². The van der Waals surface area contributed by atoms with Crippen LogP contribution < -0.4 is 0 Å². The van der Waals surface area contributed by atoms with Gasteiger partial charge in [-0.3, -0.25) is 4.68 Å². The Hall–Kier alpha value is -0.0200. The summed E-state index contributed by atoms with van der Waals surface area (Å²) in [6, 6.07) is 0.344. The normalized spacial score (nSPS) is 14.0. The van der Waals surface area contributed by atoms with Gasteiger partial charge in [-0.05, 0) is 35.7 Å². The van der Waals surface area contributed by atoms with Crippen LogP contribution in [0.2, 0.25) is 0 Å². The van der Waals surface area contributed by atoms with E-state index in [1.54, 1.807) is 0 Å². The van der Waals surface area contributed by atoms with Gasteiger partial charge in [-0.15, -0.1) is 11.6 Å². The molecule has 1 unspecified atom stereocenters. The number of aromatic nitrogens is 2. The monoisotopic (exact) mass is 278 g/mol. The van der Waals surface area contributed by atoms with Gasteiger partial charge in [0, 0.05) is 6.04 Å². The van der Waals surface area contributed by atoms with E-state index in [-0.39, 0.29) is 5.38 Å². The summed E-state index contributed by atoms with van der Waals surface area (Å²) in [6.45, 7) is 8.43. The molecule has 14 heavy (non-hydrogen) atoms. The molecule has 0 aliphatic carbocycles. The van der Waals surface area contributed by atoms with Crippen molar-refractivity contribution in [2.24, 2.45) is 5.92 Å². The molecule has 0 radical (unpaired) electrons. The van der Waals surface area contributed by atoms with Crippen LogP contribution in [0.15, 0.2) is 10.7 Å². The molecular weight excluding hydrogens is 263 g/mol. The number of alkyl halides is 1. The maximum atomic E-state index is 6.35. The van der Waals surface area contributed by atoms with Crippen molar-refractivity contribution >= 4 is 27.5 Å². The lowest BCUT2D eigenvalue weighted by Gasteiger charge is -2.18. The first-order chi connectivity index (χ1) is 6.45. The van der Waals surface area contributed by atoms with Crippen molar-refractivity contribution in [1.82, 2.24) is 9.78 Å². The third kappa shape index (κ3) is 2.31. The highest BCUT2D eigenvalue weighted by Gasteiger charge is 2.21. The van der Waals surface area contributed by atoms with Crippen molar-refractivity contribution < 1.29 is 0 Å². The molecule has 1 rings (SSSR count). The summed E-state index contributed by atoms with van der Waals surface area (Å²) in [5.41, 5.74) is 1.08. The van der Waals surface area contributed by atoms with Gasteiger partial charge in [0.2, 0.25) is 0 Å². The zero-order chi connectivity index (χ0) is 10.9. The largest absolute Gasteiger partial charge is 0.264 e. The van der Waals surface area contributed by atoms with E-state index in [1.165, 1.54) is 0 Å². The van der Waals surface area contributed by atoms with Gasteiger partial charge in [-0.2, -0.15) is 5.10 Å². The summed E-state index contributed by atoms with van der Waals surface area (Å²) in [5.74, 6) is 0.405. The number of hydrogen-bond acceptors (Lipinski definition) is 1. The zero-order valence-corrected chi connectivity index (χ0v) is 11.3. The summed E-state index contributed by atoms with van der Waals surface area (Å²) in [6.07, 6.45) is 1.81. The second-order valence-corrected chi connectivity index (χ2v) is 5.39. The van der Waals surface area contributed by atoms with Crippen molar-refractivity contribution in [3.63, 3.8) is 0 Å². The van der Waals surface area contributed by atoms with Crippen LogP contribution in [0.5, 0.6) is 0 Å². The average molecular weight is 280 g/mol. The molecule has 0 aromatic carbocycles. The number of rotatable bonds is 3. The standard InChI is InChI=1S/C10H16BrClN2/c1-6(2)9(12)10-8(11)5-13-14(10)7(3)4/h5-7,9H,1-4H3. The highest BCUT2D eigenvalue weighted by atomic mass is 79.9. The molecule has 0 amide bonds. The Morgan fingerprint density at radius 1 is 1.36 bits per heavy atom. The maximum Gasteiger partial charge on any atom is 0.0788 e. The number of nitrogens with zero attached hydrogens (tertiary/aromatic N) is 2. The summed E-state index contributed by atoms with van der Waals surface area (Å²) in [7, 11) is 0. The summed E-state index contributed by atoms with van der Waals surface area (Å²) < 4.78 is 2.97. The fourth-order valence-corrected chi connectivity index (χ4v) is 2.21. The zero-order valence-electron chi connectivity index (χ0n) is 8.96. The Bertz CT molecular complexity index is 307. The lowest BCUT2D eigenvalue weighted by Crippen LogP contribution is -2.12. The molecule has 4 heteroatoms. The molecule has 0 saturated carbocycles. The first-order valence-corrected chi connectivity index (χ1v) is 6.05. The maximum absolute atomic E-state index is 6.35. The van der Waals surface area contributed by atoms with Gasteiger partial charge in [-0.1, -0.05) is 13.8 Å². The van der Waals surface area contributed by atoms with E-state index in [4.69, 9.17) is 11.6 Å². The Kier molecular flexibility index (Phi) is 4.02. The number of hydrogen-bond donors (Lipinski definition) is 0. The van der Waals surface area contributed by atoms with Gasteiger partial charge in [0.15, 0.2) is 0 Å². The predicted octanol–water partition coefficient (Wildman–Crippen LogP) is 4.16. The molecule has 0 aliphatic heterocycles. The topological polar surface area (TPSA) is 17.8 Å². The molecular formula is C10H16BrClN2. The molecule has 0 saturated heterocycles. The second-order valence-electron chi connectivity index (χ2n) is 4.06. The summed E-state index contributed by atoms with van der Waals surface area (Å²) in [5, 5.41) is 4.31. The van der Waals surface area contributed by atoms with E-state index in [0.717, 1.165) is 10.2 Å². The van der Waals surface area contributed by atoms with E-state index in [9.17, 15) is 0 Å². The minimum absolute atomic E-state index is 0.00859. The first-order valence-electron chi connectivity index (χ1n) is 4.82. The van der Waals surface area contributed by atoms with Crippen LogP contribution in [-0.2, 0) is 0 Å². The van der Waals surface area contributed by atoms with Gasteiger partial charge in [-0.25, -0.2) is 0 Å². The first kappa shape index (κ1) is 12.1. The SMILES string of the molecule is CC(C)C(Cl)c1c(Br)cnn1C(C)C. The van der Waals surface area contributed by atoms with Crippen LogP contribution in [0.25, 0.3) is 0 Å². The molecule has 0 aliphatic rings. The minimum atomic E-state index is 0.00859. The van der Waals surface area contributed by atoms with E-state index in [2.05, 4.69) is 48.7 Å². The van der Waals surface area contributed by atoms with Gasteiger partial charge < -0.3 is 0 Å². The molecule has 80 valence electrons. The molecule has 0 bridgehead atoms. The summed E-state index contributed by atoms with van der Waals surface area (Å²) >= 11 is 9.83. The second kappa shape index (κ2) is 4.67. The van der Waals surface area contributed by atoms with Crippen molar-refractivity contribution in [2.75, 3.05) is 0 Å². The van der Waals surface area contributed by atoms with Gasteiger partial charge in [0.05, 0.1) is 21.7 Å². The molecule has 2 nitrogen and oxygen atoms in total. The molecule has 1 aromatic rings. The molecule has 0 fully saturated rings. The van der Waals surface area contributed by atoms with Crippen LogP contribution in [0, 0.1) is 5.92 Å². The van der Waals surface area contributed by atoms with Crippen LogP contribution >= 0.6 is 27.5 Å². The van der Waals surface area contributed by atoms with Crippen molar-refractivity contribution in [1.29, 1.82) is 0 Å². The summed E-state index contributed by atoms with van der Waals surface area (Å²) in [4.78, 5) is 0. The Morgan fingerprint density at radius 3 is 2.36 bits per heavy atom. The number of halogens is 2. The fourth-order valence-electron chi connectivity index (χ4n) is 1.34. The fraction of sp³-hybridized carbons (Fsp3) is 0.700. The third-order valence-corrected chi connectivity index (χ3v) is 3.44. The lowest BCUT2D eigenvalue weighted by atomic mass is 10.1. The van der Waals surface area contributed by atoms with E-state index in [1.807, 2.05) is 10.9 Å². The van der Waals surface area contributed by atoms with Gasteiger partial charge in [0.1, 0.15) is 0 Å². The Balaban J connectivity index is 3.10. The minimum Gasteiger partial charge on any atom is -0.264 e. The van der Waals surface area contributed by atoms with E-state index in [0.29, 0.717) is 12.0 Å². The predicted molar refractivity (Wildman–Crippen MR) is 63.7 cm³/mol. The molecule has 1 atom stereocenters. The molecule has 1 heterocycles. The highest BCUT2D eigenvalue weighted by Crippen LogP contribution is 2.34. The third-order valence-electron chi connectivity index (χ3n) is 2.12. The quantitative estimate of drug-likeness (QED) is 0.760. The van der Waals surface area contributed by atoms with Crippen molar-refractivity contribution in [2.45, 2.75) is 39.1 Å². The molecule has 1 aromatic heterocycles. The Labute approximate surface area is 98.8 Å². The Morgan fingerprint density at radius 2 is 1.93 bits per heavy atom. The average Bonchev–Trinajstić information content (AvgIpc) is 2.45. The van der Waals surface area contributed by atoms with Crippen molar-refractivity contribution in [3.8, 4) is 0 Å². The van der Waals surface area contributed by atoms with Crippen LogP contribution in [-0.4, -0.2) is 9.78 Å². The van der Waals surface area contributed by atoms with Crippen LogP contribution in [0.3, 0.4) is 0 Å². The molecule has 0 N–H and O–H groups in total. The van der Waals surface area contributed by atoms with Gasteiger partial charge in [0.25, 0.3) is 0 Å². The van der Waals surface area contributed by atoms with E-state index >= 15 is 0 Å². The van der Waals surface area contributed by atoms with Crippen LogP contribution in [0.1, 0.15) is 44.8 Å².